The van der Waals surface area contributed by atoms with Crippen molar-refractivity contribution in [1.29, 1.82) is 0 Å². The molecule has 0 aliphatic heterocycles. The normalized spacial score (nSPS) is 11.2. The molecule has 0 saturated carbocycles. The average molecular weight is 365 g/mol. The molecule has 114 valence electrons. The van der Waals surface area contributed by atoms with Crippen LogP contribution in [0.3, 0.4) is 0 Å². The Morgan fingerprint density at radius 3 is 1.22 bits per heavy atom. The summed E-state index contributed by atoms with van der Waals surface area (Å²) in [6.45, 7) is 0. The van der Waals surface area contributed by atoms with Gasteiger partial charge in [0, 0.05) is 0 Å². The van der Waals surface area contributed by atoms with Gasteiger partial charge in [-0.05, 0) is 0 Å². The van der Waals surface area contributed by atoms with Crippen LogP contribution < -0.4 is 0 Å². The van der Waals surface area contributed by atoms with Crippen molar-refractivity contribution >= 4 is 19.6 Å². The second-order valence-electron chi connectivity index (χ2n) is 5.34. The van der Waals surface area contributed by atoms with Crippen LogP contribution in [0.2, 0.25) is 5.82 Å². The van der Waals surface area contributed by atoms with Crippen LogP contribution in [-0.4, -0.2) is 19.6 Å². The Labute approximate surface area is 143 Å². The molecule has 23 heavy (non-hydrogen) atoms. The Morgan fingerprint density at radius 2 is 0.957 bits per heavy atom. The van der Waals surface area contributed by atoms with Gasteiger partial charge in [-0.15, -0.1) is 0 Å². The predicted octanol–water partition coefficient (Wildman–Crippen LogP) is 4.30. The van der Waals surface area contributed by atoms with Gasteiger partial charge in [-0.1, -0.05) is 0 Å². The van der Waals surface area contributed by atoms with Crippen molar-refractivity contribution in [2.24, 2.45) is 0 Å². The van der Waals surface area contributed by atoms with E-state index in [0.717, 1.165) is 16.7 Å². The van der Waals surface area contributed by atoms with E-state index in [9.17, 15) is 4.79 Å². The Balaban J connectivity index is 2.38. The topological polar surface area (TPSA) is 17.1 Å². The Hall–Kier alpha value is -2.15. The summed E-state index contributed by atoms with van der Waals surface area (Å²) in [6.07, 6.45) is 0. The van der Waals surface area contributed by atoms with Gasteiger partial charge in [-0.25, -0.2) is 0 Å². The number of hydrogen-bond donors (Lipinski definition) is 0. The third-order valence-corrected chi connectivity index (χ3v) is 5.53. The van der Waals surface area contributed by atoms with Crippen molar-refractivity contribution in [3.8, 4) is 0 Å². The average Bonchev–Trinajstić information content (AvgIpc) is 2.65. The molecule has 0 radical (unpaired) electrons. The predicted molar refractivity (Wildman–Crippen MR) is 95.8 cm³/mol. The molecule has 0 aliphatic rings. The summed E-state index contributed by atoms with van der Waals surface area (Å²) < 4.78 is 0.272. The fourth-order valence-electron chi connectivity index (χ4n) is 3.07. The van der Waals surface area contributed by atoms with Crippen molar-refractivity contribution in [1.82, 2.24) is 0 Å². The molecular formula is C21H18OSe. The van der Waals surface area contributed by atoms with E-state index in [0.29, 0.717) is 0 Å². The summed E-state index contributed by atoms with van der Waals surface area (Å²) in [7, 11) is 0. The minimum absolute atomic E-state index is 0.110. The van der Waals surface area contributed by atoms with Crippen LogP contribution in [0.4, 0.5) is 0 Å². The molecule has 2 heteroatoms. The quantitative estimate of drug-likeness (QED) is 0.487. The Kier molecular flexibility index (Phi) is 4.76. The van der Waals surface area contributed by atoms with E-state index in [1.165, 1.54) is 0 Å². The summed E-state index contributed by atoms with van der Waals surface area (Å²) in [5, 5.41) is 0. The van der Waals surface area contributed by atoms with Gasteiger partial charge in [0.15, 0.2) is 0 Å². The first-order valence-electron chi connectivity index (χ1n) is 7.55. The zero-order valence-corrected chi connectivity index (χ0v) is 14.7. The SMILES string of the molecule is C[Se]C(=O)C(c1ccccc1)(c1ccccc1)c1ccccc1. The second-order valence-corrected chi connectivity index (χ2v) is 6.97. The Morgan fingerprint density at radius 1 is 0.652 bits per heavy atom. The summed E-state index contributed by atoms with van der Waals surface area (Å²) >= 11 is -0.110. The molecular weight excluding hydrogens is 347 g/mol. The van der Waals surface area contributed by atoms with Gasteiger partial charge < -0.3 is 0 Å². The molecule has 0 atom stereocenters. The van der Waals surface area contributed by atoms with Gasteiger partial charge >= 0.3 is 143 Å². The number of hydrogen-bond acceptors (Lipinski definition) is 1. The molecule has 0 aromatic heterocycles. The zero-order valence-electron chi connectivity index (χ0n) is 13.0. The molecule has 0 heterocycles. The van der Waals surface area contributed by atoms with Crippen molar-refractivity contribution in [3.05, 3.63) is 108 Å². The first kappa shape index (κ1) is 15.7. The molecule has 0 spiro atoms. The van der Waals surface area contributed by atoms with Crippen molar-refractivity contribution in [3.63, 3.8) is 0 Å². The number of carbonyl (C=O) groups is 1. The molecule has 3 aromatic carbocycles. The number of benzene rings is 3. The third-order valence-electron chi connectivity index (χ3n) is 4.11. The van der Waals surface area contributed by atoms with Crippen molar-refractivity contribution in [2.75, 3.05) is 0 Å². The molecule has 3 aromatic rings. The van der Waals surface area contributed by atoms with E-state index in [4.69, 9.17) is 0 Å². The van der Waals surface area contributed by atoms with Gasteiger partial charge in [0.05, 0.1) is 0 Å². The van der Waals surface area contributed by atoms with E-state index in [-0.39, 0.29) is 19.6 Å². The maximum absolute atomic E-state index is 13.3. The number of carbonyl (C=O) groups excluding carboxylic acids is 1. The molecule has 0 amide bonds. The van der Waals surface area contributed by atoms with Crippen LogP contribution in [0.15, 0.2) is 91.0 Å². The van der Waals surface area contributed by atoms with Gasteiger partial charge in [0.1, 0.15) is 0 Å². The van der Waals surface area contributed by atoms with Crippen molar-refractivity contribution in [2.45, 2.75) is 11.2 Å². The first-order valence-corrected chi connectivity index (χ1v) is 10.1. The van der Waals surface area contributed by atoms with Crippen LogP contribution in [0, 0.1) is 0 Å². The molecule has 3 rings (SSSR count). The Bertz CT molecular complexity index is 670. The van der Waals surface area contributed by atoms with Gasteiger partial charge in [-0.2, -0.15) is 0 Å². The molecule has 1 nitrogen and oxygen atoms in total. The second kappa shape index (κ2) is 6.95. The van der Waals surface area contributed by atoms with E-state index in [1.54, 1.807) is 0 Å². The van der Waals surface area contributed by atoms with E-state index in [1.807, 2.05) is 60.4 Å². The summed E-state index contributed by atoms with van der Waals surface area (Å²) in [6, 6.07) is 30.4. The monoisotopic (exact) mass is 366 g/mol. The van der Waals surface area contributed by atoms with Crippen LogP contribution in [0.25, 0.3) is 0 Å². The molecule has 0 fully saturated rings. The third kappa shape index (κ3) is 2.76. The standard InChI is InChI=1S/C21H18OSe/c1-23-20(22)21(17-11-5-2-6-12-17,18-13-7-3-8-14-18)19-15-9-4-10-16-19/h2-16H,1H3. The van der Waals surface area contributed by atoms with Crippen LogP contribution in [0.1, 0.15) is 16.7 Å². The van der Waals surface area contributed by atoms with E-state index in [2.05, 4.69) is 36.4 Å². The molecule has 0 aliphatic carbocycles. The van der Waals surface area contributed by atoms with E-state index >= 15 is 0 Å². The molecule has 0 bridgehead atoms. The summed E-state index contributed by atoms with van der Waals surface area (Å²) in [5.41, 5.74) is 2.38. The van der Waals surface area contributed by atoms with Crippen LogP contribution >= 0.6 is 0 Å². The van der Waals surface area contributed by atoms with Crippen LogP contribution in [-0.2, 0) is 10.2 Å². The summed E-state index contributed by atoms with van der Waals surface area (Å²) in [5.74, 6) is 2.00. The van der Waals surface area contributed by atoms with Gasteiger partial charge in [0.2, 0.25) is 0 Å². The first-order chi connectivity index (χ1) is 11.3. The van der Waals surface area contributed by atoms with Gasteiger partial charge in [-0.3, -0.25) is 0 Å². The molecule has 0 saturated heterocycles. The summed E-state index contributed by atoms with van der Waals surface area (Å²) in [4.78, 5) is 13.3. The maximum atomic E-state index is 13.3. The van der Waals surface area contributed by atoms with Crippen molar-refractivity contribution < 1.29 is 4.79 Å². The fraction of sp³-hybridized carbons (Fsp3) is 0.0952. The fourth-order valence-corrected chi connectivity index (χ4v) is 4.46. The van der Waals surface area contributed by atoms with Crippen LogP contribution in [0.5, 0.6) is 0 Å². The van der Waals surface area contributed by atoms with Gasteiger partial charge in [0.25, 0.3) is 0 Å². The zero-order chi connectivity index (χ0) is 16.1. The van der Waals surface area contributed by atoms with E-state index < -0.39 is 5.41 Å². The number of rotatable bonds is 5. The molecule has 0 N–H and O–H groups in total. The molecule has 0 unspecified atom stereocenters. The minimum atomic E-state index is -0.724.